The van der Waals surface area contributed by atoms with Crippen LogP contribution >= 0.6 is 11.8 Å². The summed E-state index contributed by atoms with van der Waals surface area (Å²) >= 11 is 1.20. The molecule has 5 rings (SSSR count). The first-order valence-electron chi connectivity index (χ1n) is 10.8. The summed E-state index contributed by atoms with van der Waals surface area (Å²) in [5.74, 6) is -1.47. The minimum absolute atomic E-state index is 0.0685. The Kier molecular flexibility index (Phi) is 5.40. The van der Waals surface area contributed by atoms with E-state index in [-0.39, 0.29) is 24.1 Å². The van der Waals surface area contributed by atoms with Crippen molar-refractivity contribution in [1.29, 1.82) is 0 Å². The van der Waals surface area contributed by atoms with Gasteiger partial charge in [0, 0.05) is 16.9 Å². The van der Waals surface area contributed by atoms with Crippen LogP contribution in [0.2, 0.25) is 0 Å². The lowest BCUT2D eigenvalue weighted by Gasteiger charge is -2.33. The van der Waals surface area contributed by atoms with E-state index in [2.05, 4.69) is 5.32 Å². The number of nitrogens with zero attached hydrogens (tertiary/aromatic N) is 2. The van der Waals surface area contributed by atoms with E-state index in [1.54, 1.807) is 24.3 Å². The number of rotatable bonds is 4. The zero-order valence-electron chi connectivity index (χ0n) is 18.7. The van der Waals surface area contributed by atoms with Crippen molar-refractivity contribution in [2.24, 2.45) is 0 Å². The van der Waals surface area contributed by atoms with Gasteiger partial charge in [0.25, 0.3) is 5.91 Å². The first kappa shape index (κ1) is 22.2. The van der Waals surface area contributed by atoms with Gasteiger partial charge in [0.1, 0.15) is 12.4 Å². The number of carbonyl (C=O) groups excluding carboxylic acids is 3. The number of benzene rings is 3. The van der Waals surface area contributed by atoms with Crippen LogP contribution in [-0.4, -0.2) is 30.0 Å². The molecule has 8 heteroatoms. The van der Waals surface area contributed by atoms with E-state index >= 15 is 0 Å². The Balaban J connectivity index is 1.54. The van der Waals surface area contributed by atoms with E-state index in [0.29, 0.717) is 22.6 Å². The van der Waals surface area contributed by atoms with Gasteiger partial charge in [-0.05, 0) is 50.2 Å². The van der Waals surface area contributed by atoms with Crippen molar-refractivity contribution < 1.29 is 18.8 Å². The van der Waals surface area contributed by atoms with Crippen LogP contribution in [0.4, 0.5) is 21.5 Å². The van der Waals surface area contributed by atoms with Crippen molar-refractivity contribution in [2.45, 2.75) is 18.7 Å². The number of thioether (sulfide) groups is 1. The molecule has 0 radical (unpaired) electrons. The molecule has 2 aliphatic rings. The first-order chi connectivity index (χ1) is 16.3. The molecule has 0 saturated carbocycles. The second-order valence-electron chi connectivity index (χ2n) is 8.47. The number of anilines is 3. The number of hydrogen-bond donors (Lipinski definition) is 1. The van der Waals surface area contributed by atoms with Crippen LogP contribution in [0.3, 0.4) is 0 Å². The van der Waals surface area contributed by atoms with Gasteiger partial charge in [0.15, 0.2) is 0 Å². The average molecular weight is 476 g/mol. The fraction of sp³-hybridized carbons (Fsp3) is 0.192. The van der Waals surface area contributed by atoms with Crippen molar-refractivity contribution in [3.8, 4) is 0 Å². The van der Waals surface area contributed by atoms with Gasteiger partial charge in [-0.15, -0.1) is 11.8 Å². The van der Waals surface area contributed by atoms with Crippen LogP contribution in [0.25, 0.3) is 0 Å². The maximum absolute atomic E-state index is 14.1. The van der Waals surface area contributed by atoms with Gasteiger partial charge in [-0.1, -0.05) is 41.5 Å². The van der Waals surface area contributed by atoms with Crippen LogP contribution in [0.1, 0.15) is 16.7 Å². The van der Waals surface area contributed by atoms with Crippen LogP contribution in [0, 0.1) is 19.7 Å². The Hall–Kier alpha value is -3.65. The Labute approximate surface area is 200 Å². The molecule has 3 aromatic carbocycles. The molecule has 1 saturated heterocycles. The zero-order chi connectivity index (χ0) is 24.0. The van der Waals surface area contributed by atoms with Crippen LogP contribution in [0.5, 0.6) is 0 Å². The molecule has 1 spiro atoms. The summed E-state index contributed by atoms with van der Waals surface area (Å²) in [5, 5.41) is 2.83. The van der Waals surface area contributed by atoms with Gasteiger partial charge in [-0.3, -0.25) is 24.2 Å². The molecule has 172 valence electrons. The summed E-state index contributed by atoms with van der Waals surface area (Å²) in [6.07, 6.45) is 0. The maximum atomic E-state index is 14.1. The Bertz CT molecular complexity index is 1330. The molecule has 34 heavy (non-hydrogen) atoms. The molecule has 3 aromatic rings. The summed E-state index contributed by atoms with van der Waals surface area (Å²) in [7, 11) is 0. The fourth-order valence-electron chi connectivity index (χ4n) is 4.47. The molecule has 1 fully saturated rings. The molecule has 3 amide bonds. The monoisotopic (exact) mass is 475 g/mol. The minimum atomic E-state index is -1.39. The van der Waals surface area contributed by atoms with Gasteiger partial charge in [0.2, 0.25) is 16.7 Å². The highest BCUT2D eigenvalue weighted by atomic mass is 32.2. The average Bonchev–Trinajstić information content (AvgIpc) is 3.26. The lowest BCUT2D eigenvalue weighted by molar-refractivity contribution is -0.124. The van der Waals surface area contributed by atoms with Gasteiger partial charge < -0.3 is 5.32 Å². The number of amides is 3. The zero-order valence-corrected chi connectivity index (χ0v) is 19.5. The topological polar surface area (TPSA) is 69.7 Å². The van der Waals surface area contributed by atoms with Crippen molar-refractivity contribution >= 4 is 46.5 Å². The van der Waals surface area contributed by atoms with E-state index in [0.717, 1.165) is 11.1 Å². The summed E-state index contributed by atoms with van der Waals surface area (Å²) in [4.78, 5) is 41.3. The number of nitrogens with one attached hydrogen (secondary N) is 1. The molecule has 6 nitrogen and oxygen atoms in total. The number of carbonyl (C=O) groups is 3. The quantitative estimate of drug-likeness (QED) is 0.609. The van der Waals surface area contributed by atoms with E-state index < -0.39 is 16.6 Å². The summed E-state index contributed by atoms with van der Waals surface area (Å²) < 4.78 is 14.1. The largest absolute Gasteiger partial charge is 0.325 e. The highest BCUT2D eigenvalue weighted by Crippen LogP contribution is 2.55. The highest BCUT2D eigenvalue weighted by molar-refractivity contribution is 8.02. The van der Waals surface area contributed by atoms with Crippen LogP contribution in [-0.2, 0) is 19.3 Å². The maximum Gasteiger partial charge on any atom is 0.269 e. The van der Waals surface area contributed by atoms with Crippen molar-refractivity contribution in [2.75, 3.05) is 27.4 Å². The van der Waals surface area contributed by atoms with Crippen molar-refractivity contribution in [3.63, 3.8) is 0 Å². The molecule has 1 atom stereocenters. The van der Waals surface area contributed by atoms with Gasteiger partial charge >= 0.3 is 0 Å². The molecule has 2 heterocycles. The van der Waals surface area contributed by atoms with E-state index in [1.165, 1.54) is 39.8 Å². The second kappa shape index (κ2) is 8.29. The Morgan fingerprint density at radius 3 is 2.50 bits per heavy atom. The van der Waals surface area contributed by atoms with Gasteiger partial charge in [0.05, 0.1) is 11.4 Å². The second-order valence-corrected chi connectivity index (χ2v) is 9.64. The number of aryl methyl sites for hydroxylation is 2. The molecular formula is C26H22FN3O3S. The first-order valence-corrected chi connectivity index (χ1v) is 11.8. The normalized spacial score (nSPS) is 19.1. The third kappa shape index (κ3) is 3.54. The van der Waals surface area contributed by atoms with E-state index in [4.69, 9.17) is 0 Å². The molecule has 0 bridgehead atoms. The summed E-state index contributed by atoms with van der Waals surface area (Å²) in [5.41, 5.74) is 4.11. The SMILES string of the molecule is Cc1ccc(NC(=O)CN2C(=O)C3(SCC(=O)N3c3cccc(F)c3)c3cc(C)ccc32)cc1. The molecule has 1 unspecified atom stereocenters. The van der Waals surface area contributed by atoms with E-state index in [9.17, 15) is 18.8 Å². The molecular weight excluding hydrogens is 453 g/mol. The highest BCUT2D eigenvalue weighted by Gasteiger charge is 2.61. The minimum Gasteiger partial charge on any atom is -0.325 e. The summed E-state index contributed by atoms with van der Waals surface area (Å²) in [6, 6.07) is 18.6. The standard InChI is InChI=1S/C26H22FN3O3S/c1-16-6-9-19(10-7-16)28-23(31)14-29-22-11-8-17(2)12-21(22)26(25(29)33)30(24(32)15-34-26)20-5-3-4-18(27)13-20/h3-13H,14-15H2,1-2H3,(H,28,31). The van der Waals surface area contributed by atoms with E-state index in [1.807, 2.05) is 38.1 Å². The third-order valence-electron chi connectivity index (χ3n) is 6.02. The van der Waals surface area contributed by atoms with Crippen LogP contribution < -0.4 is 15.1 Å². The molecule has 0 aromatic heterocycles. The molecule has 0 aliphatic carbocycles. The lowest BCUT2D eigenvalue weighted by atomic mass is 10.0. The van der Waals surface area contributed by atoms with Crippen molar-refractivity contribution in [3.05, 3.63) is 89.2 Å². The smallest absolute Gasteiger partial charge is 0.269 e. The summed E-state index contributed by atoms with van der Waals surface area (Å²) in [6.45, 7) is 3.65. The number of halogens is 1. The predicted octanol–water partition coefficient (Wildman–Crippen LogP) is 4.36. The van der Waals surface area contributed by atoms with Crippen molar-refractivity contribution in [1.82, 2.24) is 0 Å². The Morgan fingerprint density at radius 1 is 1.03 bits per heavy atom. The lowest BCUT2D eigenvalue weighted by Crippen LogP contribution is -2.51. The van der Waals surface area contributed by atoms with Gasteiger partial charge in [-0.25, -0.2) is 4.39 Å². The molecule has 2 aliphatic heterocycles. The third-order valence-corrected chi connectivity index (χ3v) is 7.40. The number of fused-ring (bicyclic) bond motifs is 2. The van der Waals surface area contributed by atoms with Gasteiger partial charge in [-0.2, -0.15) is 0 Å². The Morgan fingerprint density at radius 2 is 1.76 bits per heavy atom. The number of hydrogen-bond acceptors (Lipinski definition) is 4. The fourth-order valence-corrected chi connectivity index (χ4v) is 5.82. The van der Waals surface area contributed by atoms with Crippen LogP contribution in [0.15, 0.2) is 66.7 Å². The molecule has 1 N–H and O–H groups in total. The predicted molar refractivity (Wildman–Crippen MR) is 131 cm³/mol.